The van der Waals surface area contributed by atoms with Crippen LogP contribution in [0.3, 0.4) is 0 Å². The SMILES string of the molecule is CCNC(=O)C#Cc1ccc2c(c1)[C@@H](N)C1(CCN(c3cnc(Sc4c(F)cnc(N)c4Cl)cn3)CC1)C2. The number of piperidine rings is 1. The van der Waals surface area contributed by atoms with Crippen LogP contribution in [0.25, 0.3) is 0 Å². The zero-order valence-corrected chi connectivity index (χ0v) is 22.4. The first kappa shape index (κ1) is 26.2. The minimum Gasteiger partial charge on any atom is -0.382 e. The van der Waals surface area contributed by atoms with Crippen molar-refractivity contribution in [3.05, 3.63) is 64.3 Å². The number of amides is 1. The predicted octanol–water partition coefficient (Wildman–Crippen LogP) is 3.73. The van der Waals surface area contributed by atoms with Crippen LogP contribution in [0.5, 0.6) is 0 Å². The molecule has 1 aromatic carbocycles. The first-order chi connectivity index (χ1) is 18.3. The number of nitrogens with one attached hydrogen (secondary N) is 1. The number of anilines is 2. The third-order valence-electron chi connectivity index (χ3n) is 7.20. The molecule has 38 heavy (non-hydrogen) atoms. The number of hydrogen-bond donors (Lipinski definition) is 3. The van der Waals surface area contributed by atoms with Crippen molar-refractivity contribution in [2.24, 2.45) is 11.1 Å². The molecule has 0 bridgehead atoms. The van der Waals surface area contributed by atoms with E-state index in [9.17, 15) is 9.18 Å². The van der Waals surface area contributed by atoms with Crippen LogP contribution >= 0.6 is 23.4 Å². The van der Waals surface area contributed by atoms with Gasteiger partial charge in [0.25, 0.3) is 5.91 Å². The monoisotopic (exact) mass is 551 g/mol. The quantitative estimate of drug-likeness (QED) is 0.419. The van der Waals surface area contributed by atoms with Crippen molar-refractivity contribution in [2.45, 2.75) is 42.1 Å². The Morgan fingerprint density at radius 3 is 2.76 bits per heavy atom. The second-order valence-electron chi connectivity index (χ2n) is 9.48. The number of halogens is 2. The van der Waals surface area contributed by atoms with Crippen LogP contribution < -0.4 is 21.7 Å². The summed E-state index contributed by atoms with van der Waals surface area (Å²) in [5.41, 5.74) is 15.6. The van der Waals surface area contributed by atoms with Gasteiger partial charge in [0.15, 0.2) is 5.82 Å². The van der Waals surface area contributed by atoms with Gasteiger partial charge in [0.1, 0.15) is 16.7 Å². The molecule has 1 fully saturated rings. The molecule has 1 aliphatic carbocycles. The Balaban J connectivity index is 1.24. The van der Waals surface area contributed by atoms with Crippen molar-refractivity contribution < 1.29 is 9.18 Å². The molecule has 0 radical (unpaired) electrons. The lowest BCUT2D eigenvalue weighted by atomic mass is 9.73. The Morgan fingerprint density at radius 1 is 1.26 bits per heavy atom. The van der Waals surface area contributed by atoms with E-state index in [1.54, 1.807) is 12.4 Å². The number of pyridine rings is 1. The lowest BCUT2D eigenvalue weighted by Gasteiger charge is -2.42. The number of carbonyl (C=O) groups is 1. The Hall–Kier alpha value is -3.39. The minimum absolute atomic E-state index is 0.0246. The second-order valence-corrected chi connectivity index (χ2v) is 10.9. The van der Waals surface area contributed by atoms with E-state index in [1.807, 2.05) is 19.1 Å². The normalized spacial score (nSPS) is 17.6. The molecule has 3 heterocycles. The molecule has 1 amide bonds. The van der Waals surface area contributed by atoms with E-state index in [4.69, 9.17) is 23.1 Å². The van der Waals surface area contributed by atoms with Gasteiger partial charge in [-0.05, 0) is 54.9 Å². The van der Waals surface area contributed by atoms with Gasteiger partial charge < -0.3 is 21.7 Å². The van der Waals surface area contributed by atoms with Crippen LogP contribution in [0.4, 0.5) is 16.0 Å². The van der Waals surface area contributed by atoms with E-state index in [1.165, 1.54) is 5.56 Å². The lowest BCUT2D eigenvalue weighted by Crippen LogP contribution is -2.44. The highest BCUT2D eigenvalue weighted by molar-refractivity contribution is 7.99. The van der Waals surface area contributed by atoms with Crippen molar-refractivity contribution in [1.29, 1.82) is 0 Å². The Bertz CT molecular complexity index is 1430. The number of carbonyl (C=O) groups excluding carboxylic acids is 1. The van der Waals surface area contributed by atoms with Crippen molar-refractivity contribution in [1.82, 2.24) is 20.3 Å². The van der Waals surface area contributed by atoms with Gasteiger partial charge in [0.05, 0.1) is 28.5 Å². The fourth-order valence-corrected chi connectivity index (χ4v) is 6.15. The topological polar surface area (TPSA) is 123 Å². The smallest absolute Gasteiger partial charge is 0.296 e. The van der Waals surface area contributed by atoms with Gasteiger partial charge in [-0.3, -0.25) is 4.79 Å². The highest BCUT2D eigenvalue weighted by Gasteiger charge is 2.46. The van der Waals surface area contributed by atoms with Crippen molar-refractivity contribution in [3.8, 4) is 11.8 Å². The van der Waals surface area contributed by atoms with Gasteiger partial charge >= 0.3 is 0 Å². The van der Waals surface area contributed by atoms with Crippen molar-refractivity contribution >= 4 is 40.9 Å². The summed E-state index contributed by atoms with van der Waals surface area (Å²) in [5, 5.41) is 3.26. The molecule has 1 atom stereocenters. The molecule has 5 rings (SSSR count). The summed E-state index contributed by atoms with van der Waals surface area (Å²) in [6.07, 6.45) is 7.10. The minimum atomic E-state index is -0.559. The van der Waals surface area contributed by atoms with Gasteiger partial charge in [-0.1, -0.05) is 35.3 Å². The van der Waals surface area contributed by atoms with E-state index < -0.39 is 5.82 Å². The average molecular weight is 552 g/mol. The summed E-state index contributed by atoms with van der Waals surface area (Å²) < 4.78 is 14.2. The van der Waals surface area contributed by atoms with E-state index in [0.717, 1.165) is 67.3 Å². The summed E-state index contributed by atoms with van der Waals surface area (Å²) in [6, 6.07) is 5.98. The molecular formula is C27H27ClFN7OS. The molecule has 8 nitrogen and oxygen atoms in total. The van der Waals surface area contributed by atoms with Crippen LogP contribution in [-0.2, 0) is 11.2 Å². The largest absolute Gasteiger partial charge is 0.382 e. The van der Waals surface area contributed by atoms with Crippen molar-refractivity contribution in [2.75, 3.05) is 30.3 Å². The zero-order chi connectivity index (χ0) is 26.9. The number of aromatic nitrogens is 3. The van der Waals surface area contributed by atoms with E-state index in [0.29, 0.717) is 11.6 Å². The summed E-state index contributed by atoms with van der Waals surface area (Å²) in [5.74, 6) is 5.57. The molecule has 0 saturated carbocycles. The molecule has 1 spiro atoms. The van der Waals surface area contributed by atoms with Crippen LogP contribution in [0.15, 0.2) is 46.7 Å². The number of benzene rings is 1. The number of hydrogen-bond acceptors (Lipinski definition) is 8. The van der Waals surface area contributed by atoms with E-state index in [2.05, 4.69) is 43.1 Å². The Labute approximate surface area is 229 Å². The molecule has 0 unspecified atom stereocenters. The number of nitrogen functional groups attached to an aromatic ring is 1. The Kier molecular flexibility index (Phi) is 7.43. The fraction of sp³-hybridized carbons (Fsp3) is 0.333. The first-order valence-corrected chi connectivity index (χ1v) is 13.5. The van der Waals surface area contributed by atoms with Crippen LogP contribution in [0.2, 0.25) is 5.02 Å². The maximum Gasteiger partial charge on any atom is 0.296 e. The van der Waals surface area contributed by atoms with Crippen LogP contribution in [-0.4, -0.2) is 40.5 Å². The highest BCUT2D eigenvalue weighted by Crippen LogP contribution is 2.51. The van der Waals surface area contributed by atoms with Crippen LogP contribution in [0, 0.1) is 23.1 Å². The summed E-state index contributed by atoms with van der Waals surface area (Å²) >= 11 is 7.18. The van der Waals surface area contributed by atoms with Gasteiger partial charge in [0.2, 0.25) is 0 Å². The lowest BCUT2D eigenvalue weighted by molar-refractivity contribution is -0.115. The maximum atomic E-state index is 14.2. The average Bonchev–Trinajstić information content (AvgIpc) is 3.19. The first-order valence-electron chi connectivity index (χ1n) is 12.3. The fourth-order valence-electron chi connectivity index (χ4n) is 5.13. The van der Waals surface area contributed by atoms with Gasteiger partial charge in [-0.25, -0.2) is 19.3 Å². The molecule has 2 aromatic heterocycles. The van der Waals surface area contributed by atoms with E-state index >= 15 is 0 Å². The number of fused-ring (bicyclic) bond motifs is 1. The molecule has 11 heteroatoms. The van der Waals surface area contributed by atoms with Gasteiger partial charge in [0, 0.05) is 37.2 Å². The second kappa shape index (κ2) is 10.8. The van der Waals surface area contributed by atoms with E-state index in [-0.39, 0.29) is 33.1 Å². The number of nitrogens with zero attached hydrogens (tertiary/aromatic N) is 4. The zero-order valence-electron chi connectivity index (χ0n) is 20.8. The third-order valence-corrected chi connectivity index (χ3v) is 8.72. The third kappa shape index (κ3) is 5.14. The highest BCUT2D eigenvalue weighted by atomic mass is 35.5. The summed E-state index contributed by atoms with van der Waals surface area (Å²) in [4.78, 5) is 26.8. The molecular weight excluding hydrogens is 525 g/mol. The molecule has 196 valence electrons. The molecule has 5 N–H and O–H groups in total. The van der Waals surface area contributed by atoms with Crippen LogP contribution in [0.1, 0.15) is 42.5 Å². The number of rotatable bonds is 4. The molecule has 3 aromatic rings. The summed E-state index contributed by atoms with van der Waals surface area (Å²) in [6.45, 7) is 4.01. The predicted molar refractivity (Wildman–Crippen MR) is 146 cm³/mol. The number of nitrogens with two attached hydrogens (primary N) is 2. The molecule has 2 aliphatic rings. The standard InChI is InChI=1S/C27H27ClFN7OS/c1-2-32-21(37)6-4-16-3-5-17-12-27(25(30)18(17)11-16)7-9-36(10-8-27)20-14-34-22(15-33-20)38-24-19(29)13-35-26(31)23(24)28/h3,5,11,13-15,25H,2,7-10,12,30H2,1H3,(H2,31,35)(H,32,37)/t25-/m1/s1. The van der Waals surface area contributed by atoms with Crippen molar-refractivity contribution in [3.63, 3.8) is 0 Å². The maximum absolute atomic E-state index is 14.2. The summed E-state index contributed by atoms with van der Waals surface area (Å²) in [7, 11) is 0. The molecule has 1 saturated heterocycles. The van der Waals surface area contributed by atoms with Gasteiger partial charge in [-0.15, -0.1) is 0 Å². The Morgan fingerprint density at radius 2 is 2.05 bits per heavy atom. The van der Waals surface area contributed by atoms with Gasteiger partial charge in [-0.2, -0.15) is 0 Å². The molecule has 1 aliphatic heterocycles.